The van der Waals surface area contributed by atoms with Crippen molar-refractivity contribution in [1.82, 2.24) is 5.32 Å². The highest BCUT2D eigenvalue weighted by molar-refractivity contribution is 6.06. The molecule has 3 heteroatoms. The molecular weight excluding hydrogens is 212 g/mol. The van der Waals surface area contributed by atoms with Crippen LogP contribution >= 0.6 is 0 Å². The van der Waals surface area contributed by atoms with Gasteiger partial charge in [0.25, 0.3) is 0 Å². The topological polar surface area (TPSA) is 41.5 Å². The van der Waals surface area contributed by atoms with Crippen LogP contribution < -0.4 is 5.32 Å². The second-order valence-corrected chi connectivity index (χ2v) is 6.59. The fourth-order valence-corrected chi connectivity index (χ4v) is 2.97. The number of amides is 1. The Bertz CT molecular complexity index is 333. The third-order valence-corrected chi connectivity index (χ3v) is 4.30. The van der Waals surface area contributed by atoms with Crippen LogP contribution in [-0.2, 0) is 4.79 Å². The van der Waals surface area contributed by atoms with Crippen molar-refractivity contribution in [3.05, 3.63) is 0 Å². The normalized spacial score (nSPS) is 34.5. The first-order valence-corrected chi connectivity index (χ1v) is 6.76. The van der Waals surface area contributed by atoms with Crippen LogP contribution in [0, 0.1) is 17.3 Å². The zero-order valence-electron chi connectivity index (χ0n) is 11.4. The smallest absolute Gasteiger partial charge is 0.249 e. The molecule has 1 amide bonds. The van der Waals surface area contributed by atoms with Crippen LogP contribution in [-0.4, -0.2) is 17.8 Å². The molecule has 2 aliphatic rings. The molecule has 1 atom stereocenters. The van der Waals surface area contributed by atoms with Crippen molar-refractivity contribution in [1.29, 1.82) is 0 Å². The van der Waals surface area contributed by atoms with Crippen molar-refractivity contribution < 1.29 is 4.79 Å². The van der Waals surface area contributed by atoms with E-state index in [-0.39, 0.29) is 11.9 Å². The van der Waals surface area contributed by atoms with Crippen LogP contribution in [0.25, 0.3) is 0 Å². The lowest BCUT2D eigenvalue weighted by Crippen LogP contribution is -2.35. The predicted octanol–water partition coefficient (Wildman–Crippen LogP) is 2.76. The molecule has 1 saturated carbocycles. The van der Waals surface area contributed by atoms with Crippen molar-refractivity contribution in [3.8, 4) is 0 Å². The molecule has 1 fully saturated rings. The second-order valence-electron chi connectivity index (χ2n) is 6.59. The summed E-state index contributed by atoms with van der Waals surface area (Å²) in [6.07, 6.45) is 4.87. The van der Waals surface area contributed by atoms with Crippen molar-refractivity contribution >= 4 is 11.7 Å². The fourth-order valence-electron chi connectivity index (χ4n) is 2.97. The minimum absolute atomic E-state index is 0.0675. The van der Waals surface area contributed by atoms with Crippen LogP contribution in [0.4, 0.5) is 0 Å². The van der Waals surface area contributed by atoms with E-state index in [0.717, 1.165) is 11.8 Å². The molecule has 1 unspecified atom stereocenters. The van der Waals surface area contributed by atoms with E-state index in [1.165, 1.54) is 25.7 Å². The lowest BCUT2D eigenvalue weighted by Gasteiger charge is -2.36. The van der Waals surface area contributed by atoms with Gasteiger partial charge in [-0.15, -0.1) is 0 Å². The monoisotopic (exact) mass is 236 g/mol. The number of hydrogen-bond acceptors (Lipinski definition) is 2. The van der Waals surface area contributed by atoms with E-state index >= 15 is 0 Å². The first kappa shape index (κ1) is 12.6. The molecule has 2 rings (SSSR count). The number of amidine groups is 1. The van der Waals surface area contributed by atoms with Gasteiger partial charge in [0, 0.05) is 5.92 Å². The summed E-state index contributed by atoms with van der Waals surface area (Å²) in [5.74, 6) is 2.32. The Labute approximate surface area is 104 Å². The lowest BCUT2D eigenvalue weighted by atomic mass is 9.69. The molecule has 0 bridgehead atoms. The highest BCUT2D eigenvalue weighted by Gasteiger charge is 2.34. The van der Waals surface area contributed by atoms with Gasteiger partial charge in [-0.2, -0.15) is 0 Å². The summed E-state index contributed by atoms with van der Waals surface area (Å²) < 4.78 is 0. The third kappa shape index (κ3) is 2.70. The van der Waals surface area contributed by atoms with Crippen LogP contribution in [0.1, 0.15) is 53.4 Å². The third-order valence-electron chi connectivity index (χ3n) is 4.30. The molecule has 1 N–H and O–H groups in total. The summed E-state index contributed by atoms with van der Waals surface area (Å²) in [5, 5.41) is 2.94. The quantitative estimate of drug-likeness (QED) is 0.747. The lowest BCUT2D eigenvalue weighted by molar-refractivity contribution is -0.119. The molecule has 0 aromatic heterocycles. The summed E-state index contributed by atoms with van der Waals surface area (Å²) >= 11 is 0. The molecule has 1 aliphatic heterocycles. The Kier molecular flexibility index (Phi) is 3.28. The summed E-state index contributed by atoms with van der Waals surface area (Å²) in [5.41, 5.74) is 0.416. The van der Waals surface area contributed by atoms with Crippen LogP contribution in [0.3, 0.4) is 0 Å². The maximum Gasteiger partial charge on any atom is 0.249 e. The Hall–Kier alpha value is -0.860. The van der Waals surface area contributed by atoms with Gasteiger partial charge in [0.2, 0.25) is 5.91 Å². The van der Waals surface area contributed by atoms with Gasteiger partial charge in [0.05, 0.1) is 0 Å². The summed E-state index contributed by atoms with van der Waals surface area (Å²) in [6.45, 7) is 8.85. The van der Waals surface area contributed by atoms with E-state index in [2.05, 4.69) is 31.1 Å². The van der Waals surface area contributed by atoms with E-state index in [9.17, 15) is 4.79 Å². The predicted molar refractivity (Wildman–Crippen MR) is 69.9 cm³/mol. The molecule has 3 nitrogen and oxygen atoms in total. The van der Waals surface area contributed by atoms with Crippen molar-refractivity contribution in [2.24, 2.45) is 22.2 Å². The first-order valence-electron chi connectivity index (χ1n) is 6.76. The molecule has 0 radical (unpaired) electrons. The fraction of sp³-hybridized carbons (Fsp3) is 0.857. The number of nitrogens with zero attached hydrogens (tertiary/aromatic N) is 1. The standard InChI is InChI=1S/C14H24N2O/c1-9-13(17)16-12(15-9)10-5-7-11(8-6-10)14(2,3)4/h9-11H,5-8H2,1-4H3,(H,15,16,17). The number of hydrogen-bond donors (Lipinski definition) is 1. The second kappa shape index (κ2) is 4.43. The largest absolute Gasteiger partial charge is 0.312 e. The highest BCUT2D eigenvalue weighted by Crippen LogP contribution is 2.40. The van der Waals surface area contributed by atoms with Gasteiger partial charge in [-0.25, -0.2) is 0 Å². The molecular formula is C14H24N2O. The summed E-state index contributed by atoms with van der Waals surface area (Å²) in [4.78, 5) is 15.9. The molecule has 17 heavy (non-hydrogen) atoms. The minimum Gasteiger partial charge on any atom is -0.312 e. The SMILES string of the molecule is CC1N=C(C2CCC(C(C)(C)C)CC2)NC1=O. The van der Waals surface area contributed by atoms with Crippen molar-refractivity contribution in [3.63, 3.8) is 0 Å². The Morgan fingerprint density at radius 1 is 1.18 bits per heavy atom. The van der Waals surface area contributed by atoms with E-state index in [1.54, 1.807) is 0 Å². The molecule has 0 aromatic rings. The molecule has 0 saturated heterocycles. The van der Waals surface area contributed by atoms with Gasteiger partial charge in [-0.3, -0.25) is 9.79 Å². The van der Waals surface area contributed by atoms with Gasteiger partial charge in [0.15, 0.2) is 0 Å². The molecule has 1 heterocycles. The van der Waals surface area contributed by atoms with Crippen LogP contribution in [0.5, 0.6) is 0 Å². The maximum absolute atomic E-state index is 11.4. The van der Waals surface area contributed by atoms with Crippen LogP contribution in [0.15, 0.2) is 4.99 Å². The molecule has 0 aromatic carbocycles. The number of aliphatic imine (C=N–C) groups is 1. The summed E-state index contributed by atoms with van der Waals surface area (Å²) in [7, 11) is 0. The summed E-state index contributed by atoms with van der Waals surface area (Å²) in [6, 6.07) is -0.176. The highest BCUT2D eigenvalue weighted by atomic mass is 16.2. The Morgan fingerprint density at radius 3 is 2.18 bits per heavy atom. The average molecular weight is 236 g/mol. The zero-order valence-corrected chi connectivity index (χ0v) is 11.4. The molecule has 0 spiro atoms. The van der Waals surface area contributed by atoms with Crippen molar-refractivity contribution in [2.45, 2.75) is 59.4 Å². The van der Waals surface area contributed by atoms with Gasteiger partial charge in [-0.05, 0) is 43.9 Å². The zero-order chi connectivity index (χ0) is 12.6. The number of rotatable bonds is 1. The first-order chi connectivity index (χ1) is 7.88. The molecule has 96 valence electrons. The van der Waals surface area contributed by atoms with Gasteiger partial charge in [-0.1, -0.05) is 20.8 Å². The van der Waals surface area contributed by atoms with Gasteiger partial charge in [0.1, 0.15) is 11.9 Å². The molecule has 1 aliphatic carbocycles. The average Bonchev–Trinajstić information content (AvgIpc) is 2.58. The number of carbonyl (C=O) groups excluding carboxylic acids is 1. The van der Waals surface area contributed by atoms with E-state index in [4.69, 9.17) is 0 Å². The van der Waals surface area contributed by atoms with Crippen LogP contribution in [0.2, 0.25) is 0 Å². The Balaban J connectivity index is 1.92. The van der Waals surface area contributed by atoms with Gasteiger partial charge < -0.3 is 5.32 Å². The minimum atomic E-state index is -0.176. The van der Waals surface area contributed by atoms with E-state index in [1.807, 2.05) is 6.92 Å². The van der Waals surface area contributed by atoms with E-state index < -0.39 is 0 Å². The Morgan fingerprint density at radius 2 is 1.76 bits per heavy atom. The number of carbonyl (C=O) groups is 1. The number of nitrogens with one attached hydrogen (secondary N) is 1. The van der Waals surface area contributed by atoms with Gasteiger partial charge >= 0.3 is 0 Å². The van der Waals surface area contributed by atoms with E-state index in [0.29, 0.717) is 11.3 Å². The maximum atomic E-state index is 11.4. The van der Waals surface area contributed by atoms with Crippen molar-refractivity contribution in [2.75, 3.05) is 0 Å².